The third-order valence-corrected chi connectivity index (χ3v) is 5.94. The number of ether oxygens (including phenoxy) is 2. The van der Waals surface area contributed by atoms with Crippen LogP contribution in [-0.2, 0) is 4.74 Å². The molecule has 0 N–H and O–H groups in total. The Bertz CT molecular complexity index is 838. The second-order valence-electron chi connectivity index (χ2n) is 8.47. The fourth-order valence-corrected chi connectivity index (χ4v) is 4.12. The van der Waals surface area contributed by atoms with E-state index < -0.39 is 30.2 Å². The van der Waals surface area contributed by atoms with E-state index >= 15 is 0 Å². The van der Waals surface area contributed by atoms with E-state index in [-0.39, 0.29) is 17.4 Å². The zero-order valence-corrected chi connectivity index (χ0v) is 18.2. The molecule has 2 nitrogen and oxygen atoms in total. The lowest BCUT2D eigenvalue weighted by molar-refractivity contribution is -0.222. The third kappa shape index (κ3) is 6.92. The normalized spacial score (nSPS) is 19.2. The van der Waals surface area contributed by atoms with Crippen LogP contribution in [0.2, 0.25) is 0 Å². The van der Waals surface area contributed by atoms with Crippen LogP contribution in [-0.4, -0.2) is 18.8 Å². The standard InChI is InChI=1S/C25H29F5O2/c1-2-3-4-5-17-6-10-20(11-7-17)31-16-25(29,30)32-21-12-8-18(9-13-21)19-14-22(26)24(28)23(27)15-19/h8-9,12-15,17,20H,2-7,10-11,16H2,1H3. The summed E-state index contributed by atoms with van der Waals surface area (Å²) in [6.45, 7) is 1.34. The lowest BCUT2D eigenvalue weighted by Gasteiger charge is -2.29. The summed E-state index contributed by atoms with van der Waals surface area (Å²) in [6, 6.07) is 6.97. The fourth-order valence-electron chi connectivity index (χ4n) is 4.12. The van der Waals surface area contributed by atoms with E-state index in [9.17, 15) is 22.0 Å². The quantitative estimate of drug-likeness (QED) is 0.206. The van der Waals surface area contributed by atoms with Gasteiger partial charge in [-0.1, -0.05) is 44.7 Å². The van der Waals surface area contributed by atoms with Gasteiger partial charge in [0, 0.05) is 0 Å². The van der Waals surface area contributed by atoms with Crippen LogP contribution in [0.3, 0.4) is 0 Å². The monoisotopic (exact) mass is 456 g/mol. The first-order chi connectivity index (χ1) is 15.3. The van der Waals surface area contributed by atoms with Gasteiger partial charge >= 0.3 is 6.11 Å². The summed E-state index contributed by atoms with van der Waals surface area (Å²) < 4.78 is 78.6. The molecular formula is C25H29F5O2. The summed E-state index contributed by atoms with van der Waals surface area (Å²) in [5.74, 6) is -3.64. The first-order valence-electron chi connectivity index (χ1n) is 11.2. The van der Waals surface area contributed by atoms with Crippen molar-refractivity contribution in [3.8, 4) is 16.9 Å². The summed E-state index contributed by atoms with van der Waals surface area (Å²) in [6.07, 6.45) is 4.75. The molecule has 0 saturated heterocycles. The van der Waals surface area contributed by atoms with Crippen molar-refractivity contribution in [2.75, 3.05) is 6.61 Å². The molecule has 1 aliphatic carbocycles. The number of hydrogen-bond acceptors (Lipinski definition) is 2. The summed E-state index contributed by atoms with van der Waals surface area (Å²) in [7, 11) is 0. The van der Waals surface area contributed by atoms with Crippen LogP contribution in [0, 0.1) is 23.4 Å². The zero-order valence-electron chi connectivity index (χ0n) is 18.2. The maximum Gasteiger partial charge on any atom is 0.421 e. The highest BCUT2D eigenvalue weighted by molar-refractivity contribution is 5.64. The minimum absolute atomic E-state index is 0.0911. The highest BCUT2D eigenvalue weighted by Gasteiger charge is 2.34. The lowest BCUT2D eigenvalue weighted by Crippen LogP contribution is -2.34. The van der Waals surface area contributed by atoms with Crippen LogP contribution in [0.15, 0.2) is 36.4 Å². The highest BCUT2D eigenvalue weighted by atomic mass is 19.3. The minimum Gasteiger partial charge on any atom is -0.431 e. The number of hydrogen-bond donors (Lipinski definition) is 0. The van der Waals surface area contributed by atoms with Crippen LogP contribution in [0.4, 0.5) is 22.0 Å². The Morgan fingerprint density at radius 1 is 0.875 bits per heavy atom. The maximum absolute atomic E-state index is 14.2. The molecule has 1 saturated carbocycles. The van der Waals surface area contributed by atoms with Crippen LogP contribution >= 0.6 is 0 Å². The van der Waals surface area contributed by atoms with E-state index in [2.05, 4.69) is 6.92 Å². The smallest absolute Gasteiger partial charge is 0.421 e. The summed E-state index contributed by atoms with van der Waals surface area (Å²) >= 11 is 0. The zero-order chi connectivity index (χ0) is 23.1. The average Bonchev–Trinajstić information content (AvgIpc) is 2.77. The van der Waals surface area contributed by atoms with Crippen molar-refractivity contribution in [2.24, 2.45) is 5.92 Å². The van der Waals surface area contributed by atoms with Crippen LogP contribution < -0.4 is 4.74 Å². The fraction of sp³-hybridized carbons (Fsp3) is 0.520. The van der Waals surface area contributed by atoms with E-state index in [0.29, 0.717) is 11.5 Å². The lowest BCUT2D eigenvalue weighted by atomic mass is 9.84. The number of unbranched alkanes of at least 4 members (excludes halogenated alkanes) is 2. The summed E-state index contributed by atoms with van der Waals surface area (Å²) in [4.78, 5) is 0. The average molecular weight is 456 g/mol. The molecule has 0 bridgehead atoms. The Hall–Kier alpha value is -2.15. The molecule has 176 valence electrons. The first-order valence-corrected chi connectivity index (χ1v) is 11.2. The molecule has 32 heavy (non-hydrogen) atoms. The van der Waals surface area contributed by atoms with Gasteiger partial charge in [0.05, 0.1) is 6.10 Å². The molecule has 0 amide bonds. The molecule has 1 aliphatic rings. The molecule has 0 spiro atoms. The van der Waals surface area contributed by atoms with Crippen molar-refractivity contribution in [3.63, 3.8) is 0 Å². The molecule has 7 heteroatoms. The molecule has 0 atom stereocenters. The van der Waals surface area contributed by atoms with Crippen molar-refractivity contribution < 1.29 is 31.4 Å². The molecule has 0 aliphatic heterocycles. The van der Waals surface area contributed by atoms with E-state index in [1.54, 1.807) is 0 Å². The van der Waals surface area contributed by atoms with Gasteiger partial charge in [0.2, 0.25) is 0 Å². The van der Waals surface area contributed by atoms with E-state index in [1.165, 1.54) is 49.9 Å². The van der Waals surface area contributed by atoms with Crippen LogP contribution in [0.5, 0.6) is 5.75 Å². The van der Waals surface area contributed by atoms with Gasteiger partial charge in [-0.15, -0.1) is 0 Å². The molecule has 0 aromatic heterocycles. The van der Waals surface area contributed by atoms with Gasteiger partial charge in [-0.3, -0.25) is 0 Å². The number of rotatable bonds is 10. The van der Waals surface area contributed by atoms with Gasteiger partial charge in [-0.25, -0.2) is 13.2 Å². The van der Waals surface area contributed by atoms with E-state index in [1.807, 2.05) is 0 Å². The molecule has 2 aromatic carbocycles. The Labute approximate surface area is 185 Å². The van der Waals surface area contributed by atoms with Crippen molar-refractivity contribution in [1.82, 2.24) is 0 Å². The van der Waals surface area contributed by atoms with Crippen molar-refractivity contribution in [3.05, 3.63) is 53.8 Å². The van der Waals surface area contributed by atoms with Gasteiger partial charge in [-0.2, -0.15) is 8.78 Å². The summed E-state index contributed by atoms with van der Waals surface area (Å²) in [5.41, 5.74) is 0.429. The first kappa shape index (κ1) is 24.5. The minimum atomic E-state index is -3.51. The van der Waals surface area contributed by atoms with Gasteiger partial charge < -0.3 is 9.47 Å². The van der Waals surface area contributed by atoms with Gasteiger partial charge in [0.15, 0.2) is 24.1 Å². The predicted octanol–water partition coefficient (Wildman–Crippen LogP) is 7.90. The Balaban J connectivity index is 1.48. The Morgan fingerprint density at radius 2 is 1.50 bits per heavy atom. The van der Waals surface area contributed by atoms with Gasteiger partial charge in [0.1, 0.15) is 5.75 Å². The molecular weight excluding hydrogens is 427 g/mol. The van der Waals surface area contributed by atoms with E-state index in [0.717, 1.165) is 37.8 Å². The second kappa shape index (κ2) is 11.1. The van der Waals surface area contributed by atoms with Crippen molar-refractivity contribution in [2.45, 2.75) is 70.5 Å². The van der Waals surface area contributed by atoms with Gasteiger partial charge in [0.25, 0.3) is 0 Å². The van der Waals surface area contributed by atoms with Crippen LogP contribution in [0.25, 0.3) is 11.1 Å². The summed E-state index contributed by atoms with van der Waals surface area (Å²) in [5, 5.41) is 0. The predicted molar refractivity (Wildman–Crippen MR) is 113 cm³/mol. The largest absolute Gasteiger partial charge is 0.431 e. The maximum atomic E-state index is 14.2. The molecule has 0 radical (unpaired) electrons. The number of halogens is 5. The molecule has 3 rings (SSSR count). The number of alkyl halides is 2. The van der Waals surface area contributed by atoms with Crippen LogP contribution in [0.1, 0.15) is 58.3 Å². The SMILES string of the molecule is CCCCCC1CCC(OCC(F)(F)Oc2ccc(-c3cc(F)c(F)c(F)c3)cc2)CC1. The Kier molecular flexibility index (Phi) is 8.51. The molecule has 1 fully saturated rings. The number of benzene rings is 2. The third-order valence-electron chi connectivity index (χ3n) is 5.94. The van der Waals surface area contributed by atoms with Gasteiger partial charge in [-0.05, 0) is 67.0 Å². The second-order valence-corrected chi connectivity index (χ2v) is 8.47. The topological polar surface area (TPSA) is 18.5 Å². The van der Waals surface area contributed by atoms with E-state index in [4.69, 9.17) is 9.47 Å². The van der Waals surface area contributed by atoms with Crippen molar-refractivity contribution >= 4 is 0 Å². The molecule has 0 unspecified atom stereocenters. The highest BCUT2D eigenvalue weighted by Crippen LogP contribution is 2.32. The molecule has 2 aromatic rings. The Morgan fingerprint density at radius 3 is 2.09 bits per heavy atom. The molecule has 0 heterocycles. The van der Waals surface area contributed by atoms with Crippen molar-refractivity contribution in [1.29, 1.82) is 0 Å².